The fraction of sp³-hybridized carbons (Fsp3) is 0.633. The molecule has 5 rings (SSSR count). The second kappa shape index (κ2) is 11.2. The summed E-state index contributed by atoms with van der Waals surface area (Å²) in [7, 11) is 0. The van der Waals surface area contributed by atoms with Crippen LogP contribution in [0.1, 0.15) is 82.4 Å². The number of hydrogen-bond acceptors (Lipinski definition) is 5. The molecule has 3 fully saturated rings. The van der Waals surface area contributed by atoms with Crippen LogP contribution in [0.25, 0.3) is 5.69 Å². The molecule has 1 spiro atoms. The lowest BCUT2D eigenvalue weighted by molar-refractivity contribution is -0.163. The molecular formula is C30H43N5O3. The molecule has 2 N–H and O–H groups in total. The summed E-state index contributed by atoms with van der Waals surface area (Å²) in [5, 5.41) is 18.8. The predicted octanol–water partition coefficient (Wildman–Crippen LogP) is 3.73. The SMILES string of the molecule is CCCCN1C(=O)[C@@H](CC2(O)CCCCC2)NC(=O)C12CCN(Cc1cnn(-c3ccccc3)c1C)CC2. The first-order valence-electron chi connectivity index (χ1n) is 14.5. The number of rotatable bonds is 8. The zero-order valence-corrected chi connectivity index (χ0v) is 23.0. The van der Waals surface area contributed by atoms with E-state index in [4.69, 9.17) is 0 Å². The Morgan fingerprint density at radius 1 is 1.05 bits per heavy atom. The largest absolute Gasteiger partial charge is 0.390 e. The van der Waals surface area contributed by atoms with Crippen LogP contribution in [0.2, 0.25) is 0 Å². The molecule has 8 heteroatoms. The Bertz CT molecular complexity index is 1120. The second-order valence-electron chi connectivity index (χ2n) is 11.7. The molecular weight excluding hydrogens is 478 g/mol. The molecule has 8 nitrogen and oxygen atoms in total. The molecule has 0 unspecified atom stereocenters. The fourth-order valence-corrected chi connectivity index (χ4v) is 6.70. The van der Waals surface area contributed by atoms with Gasteiger partial charge in [0.2, 0.25) is 11.8 Å². The van der Waals surface area contributed by atoms with Gasteiger partial charge in [0.05, 0.1) is 17.5 Å². The fourth-order valence-electron chi connectivity index (χ4n) is 6.70. The molecule has 206 valence electrons. The smallest absolute Gasteiger partial charge is 0.246 e. The third kappa shape index (κ3) is 5.25. The van der Waals surface area contributed by atoms with Crippen LogP contribution >= 0.6 is 0 Å². The number of nitrogens with zero attached hydrogens (tertiary/aromatic N) is 4. The van der Waals surface area contributed by atoms with Crippen molar-refractivity contribution in [2.75, 3.05) is 19.6 Å². The topological polar surface area (TPSA) is 90.7 Å². The third-order valence-corrected chi connectivity index (χ3v) is 9.10. The van der Waals surface area contributed by atoms with Gasteiger partial charge in [-0.2, -0.15) is 5.10 Å². The van der Waals surface area contributed by atoms with E-state index >= 15 is 0 Å². The summed E-state index contributed by atoms with van der Waals surface area (Å²) in [5.74, 6) is -0.0455. The minimum Gasteiger partial charge on any atom is -0.390 e. The molecule has 0 bridgehead atoms. The number of carbonyl (C=O) groups excluding carboxylic acids is 2. The Morgan fingerprint density at radius 3 is 2.45 bits per heavy atom. The van der Waals surface area contributed by atoms with E-state index in [-0.39, 0.29) is 11.8 Å². The van der Waals surface area contributed by atoms with E-state index in [9.17, 15) is 14.7 Å². The highest BCUT2D eigenvalue weighted by Gasteiger charge is 2.54. The number of carbonyl (C=O) groups is 2. The van der Waals surface area contributed by atoms with Gasteiger partial charge in [0.25, 0.3) is 0 Å². The molecule has 1 aromatic heterocycles. The molecule has 1 atom stereocenters. The lowest BCUT2D eigenvalue weighted by Gasteiger charge is -2.52. The van der Waals surface area contributed by atoms with Gasteiger partial charge >= 0.3 is 0 Å². The zero-order valence-electron chi connectivity index (χ0n) is 23.0. The molecule has 38 heavy (non-hydrogen) atoms. The lowest BCUT2D eigenvalue weighted by atomic mass is 9.77. The van der Waals surface area contributed by atoms with Crippen molar-refractivity contribution >= 4 is 11.8 Å². The van der Waals surface area contributed by atoms with Crippen LogP contribution in [0.3, 0.4) is 0 Å². The summed E-state index contributed by atoms with van der Waals surface area (Å²) in [5.41, 5.74) is 1.70. The summed E-state index contributed by atoms with van der Waals surface area (Å²) in [6.45, 7) is 7.07. The van der Waals surface area contributed by atoms with Gasteiger partial charge < -0.3 is 15.3 Å². The van der Waals surface area contributed by atoms with Crippen molar-refractivity contribution in [3.8, 4) is 5.69 Å². The van der Waals surface area contributed by atoms with Gasteiger partial charge in [-0.1, -0.05) is 50.8 Å². The van der Waals surface area contributed by atoms with Crippen LogP contribution in [0.4, 0.5) is 0 Å². The Labute approximate surface area is 226 Å². The van der Waals surface area contributed by atoms with Crippen LogP contribution in [-0.4, -0.2) is 73.3 Å². The Hall–Kier alpha value is -2.71. The van der Waals surface area contributed by atoms with Gasteiger partial charge in [-0.15, -0.1) is 0 Å². The van der Waals surface area contributed by atoms with Gasteiger partial charge in [0.15, 0.2) is 0 Å². The van der Waals surface area contributed by atoms with E-state index in [1.165, 1.54) is 5.56 Å². The first kappa shape index (κ1) is 26.9. The summed E-state index contributed by atoms with van der Waals surface area (Å²) in [6, 6.07) is 9.51. The van der Waals surface area contributed by atoms with Crippen LogP contribution in [-0.2, 0) is 16.1 Å². The number of benzene rings is 1. The molecule has 2 amide bonds. The van der Waals surface area contributed by atoms with Crippen molar-refractivity contribution in [3.63, 3.8) is 0 Å². The van der Waals surface area contributed by atoms with Crippen LogP contribution in [0.5, 0.6) is 0 Å². The van der Waals surface area contributed by atoms with Crippen molar-refractivity contribution in [1.29, 1.82) is 0 Å². The summed E-state index contributed by atoms with van der Waals surface area (Å²) in [4.78, 5) is 31.8. The molecule has 0 radical (unpaired) electrons. The normalized spacial score (nSPS) is 23.6. The average Bonchev–Trinajstić information content (AvgIpc) is 3.29. The van der Waals surface area contributed by atoms with Crippen molar-refractivity contribution in [1.82, 2.24) is 24.9 Å². The standard InChI is InChI=1S/C30H43N5O3/c1-3-4-17-34-27(36)26(20-29(38)13-9-6-10-14-29)32-28(37)30(34)15-18-33(19-16-30)22-24-21-31-35(23(24)2)25-11-7-5-8-12-25/h5,7-8,11-12,21,26,38H,3-4,6,9-10,13-20,22H2,1-2H3,(H,32,37)/t26-/m1/s1. The maximum Gasteiger partial charge on any atom is 0.246 e. The first-order chi connectivity index (χ1) is 18.3. The van der Waals surface area contributed by atoms with E-state index in [1.54, 1.807) is 0 Å². The number of unbranched alkanes of at least 4 members (excludes halogenated alkanes) is 1. The van der Waals surface area contributed by atoms with Crippen molar-refractivity contribution < 1.29 is 14.7 Å². The van der Waals surface area contributed by atoms with Gasteiger partial charge in [0, 0.05) is 43.9 Å². The minimum atomic E-state index is -0.849. The molecule has 2 aromatic rings. The van der Waals surface area contributed by atoms with Gasteiger partial charge in [0.1, 0.15) is 11.6 Å². The highest BCUT2D eigenvalue weighted by atomic mass is 16.3. The molecule has 1 aromatic carbocycles. The number of hydrogen-bond donors (Lipinski definition) is 2. The molecule has 2 saturated heterocycles. The number of nitrogens with one attached hydrogen (secondary N) is 1. The Morgan fingerprint density at radius 2 is 1.76 bits per heavy atom. The molecule has 1 aliphatic carbocycles. The van der Waals surface area contributed by atoms with Gasteiger partial charge in [-0.05, 0) is 51.2 Å². The second-order valence-corrected chi connectivity index (χ2v) is 11.7. The van der Waals surface area contributed by atoms with Crippen LogP contribution < -0.4 is 5.32 Å². The zero-order chi connectivity index (χ0) is 26.8. The van der Waals surface area contributed by atoms with E-state index in [0.29, 0.717) is 38.6 Å². The molecule has 1 saturated carbocycles. The Kier molecular flexibility index (Phi) is 7.91. The maximum atomic E-state index is 13.8. The molecule has 2 aliphatic heterocycles. The maximum absolute atomic E-state index is 13.8. The summed E-state index contributed by atoms with van der Waals surface area (Å²) < 4.78 is 1.97. The van der Waals surface area contributed by atoms with Crippen molar-refractivity contribution in [2.24, 2.45) is 0 Å². The Balaban J connectivity index is 1.27. The lowest BCUT2D eigenvalue weighted by Crippen LogP contribution is -2.73. The molecule has 3 aliphatic rings. The van der Waals surface area contributed by atoms with Crippen LogP contribution in [0, 0.1) is 6.92 Å². The average molecular weight is 522 g/mol. The van der Waals surface area contributed by atoms with Crippen molar-refractivity contribution in [2.45, 2.75) is 102 Å². The number of aromatic nitrogens is 2. The monoisotopic (exact) mass is 521 g/mol. The predicted molar refractivity (Wildman–Crippen MR) is 147 cm³/mol. The molecule has 3 heterocycles. The quantitative estimate of drug-likeness (QED) is 0.553. The van der Waals surface area contributed by atoms with Crippen LogP contribution in [0.15, 0.2) is 36.5 Å². The number of para-hydroxylation sites is 1. The highest BCUT2D eigenvalue weighted by Crippen LogP contribution is 2.37. The number of amides is 2. The van der Waals surface area contributed by atoms with E-state index < -0.39 is 17.2 Å². The minimum absolute atomic E-state index is 0.00881. The number of aliphatic hydroxyl groups is 1. The van der Waals surface area contributed by atoms with Gasteiger partial charge in [-0.25, -0.2) is 4.68 Å². The number of piperazine rings is 1. The van der Waals surface area contributed by atoms with Crippen molar-refractivity contribution in [3.05, 3.63) is 47.8 Å². The first-order valence-corrected chi connectivity index (χ1v) is 14.5. The van der Waals surface area contributed by atoms with E-state index in [2.05, 4.69) is 41.3 Å². The number of piperidine rings is 1. The summed E-state index contributed by atoms with van der Waals surface area (Å²) >= 11 is 0. The highest BCUT2D eigenvalue weighted by molar-refractivity contribution is 6.00. The van der Waals surface area contributed by atoms with Gasteiger partial charge in [-0.3, -0.25) is 14.5 Å². The third-order valence-electron chi connectivity index (χ3n) is 9.10. The summed E-state index contributed by atoms with van der Waals surface area (Å²) in [6.07, 6.45) is 9.86. The number of likely N-dealkylation sites (tertiary alicyclic amines) is 1. The van der Waals surface area contributed by atoms with E-state index in [1.807, 2.05) is 34.0 Å². The van der Waals surface area contributed by atoms with E-state index in [0.717, 1.165) is 63.1 Å².